The highest BCUT2D eigenvalue weighted by Crippen LogP contribution is 2.30. The van der Waals surface area contributed by atoms with Crippen LogP contribution in [0.3, 0.4) is 0 Å². The first-order chi connectivity index (χ1) is 20.6. The number of benzene rings is 3. The minimum absolute atomic E-state index is 0.000303. The van der Waals surface area contributed by atoms with Gasteiger partial charge in [-0.2, -0.15) is 0 Å². The summed E-state index contributed by atoms with van der Waals surface area (Å²) >= 11 is 12.5. The molecule has 0 aromatic heterocycles. The molecular weight excluding hydrogens is 609 g/mol. The van der Waals surface area contributed by atoms with Gasteiger partial charge in [-0.3, -0.25) is 13.9 Å². The summed E-state index contributed by atoms with van der Waals surface area (Å²) in [7, 11) is -2.67. The van der Waals surface area contributed by atoms with Gasteiger partial charge in [0.25, 0.3) is 10.0 Å². The van der Waals surface area contributed by atoms with Gasteiger partial charge in [-0.1, -0.05) is 79.7 Å². The summed E-state index contributed by atoms with van der Waals surface area (Å²) < 4.78 is 34.3. The summed E-state index contributed by atoms with van der Waals surface area (Å²) in [4.78, 5) is 29.4. The lowest BCUT2D eigenvalue weighted by Gasteiger charge is -2.34. The summed E-state index contributed by atoms with van der Waals surface area (Å²) in [6.45, 7) is 1.33. The van der Waals surface area contributed by atoms with Crippen LogP contribution >= 0.6 is 23.2 Å². The summed E-state index contributed by atoms with van der Waals surface area (Å²) in [5.74, 6) is -0.204. The molecule has 1 fully saturated rings. The Hall–Kier alpha value is -3.27. The topological polar surface area (TPSA) is 96.0 Å². The molecule has 3 aromatic rings. The van der Waals surface area contributed by atoms with Crippen LogP contribution in [0, 0.1) is 0 Å². The highest BCUT2D eigenvalue weighted by molar-refractivity contribution is 7.92. The van der Waals surface area contributed by atoms with Gasteiger partial charge in [-0.05, 0) is 67.3 Å². The van der Waals surface area contributed by atoms with E-state index in [1.54, 1.807) is 43.5 Å². The van der Waals surface area contributed by atoms with E-state index in [0.29, 0.717) is 12.2 Å². The van der Waals surface area contributed by atoms with E-state index in [1.165, 1.54) is 35.2 Å². The van der Waals surface area contributed by atoms with E-state index < -0.39 is 28.5 Å². The van der Waals surface area contributed by atoms with Crippen LogP contribution in [0.5, 0.6) is 5.75 Å². The maximum Gasteiger partial charge on any atom is 0.264 e. The number of carbonyl (C=O) groups is 2. The molecule has 2 amide bonds. The molecule has 1 aliphatic rings. The van der Waals surface area contributed by atoms with Gasteiger partial charge in [-0.25, -0.2) is 8.42 Å². The van der Waals surface area contributed by atoms with Gasteiger partial charge in [0.15, 0.2) is 0 Å². The largest absolute Gasteiger partial charge is 0.497 e. The zero-order valence-corrected chi connectivity index (χ0v) is 26.7. The van der Waals surface area contributed by atoms with E-state index in [9.17, 15) is 18.0 Å². The Morgan fingerprint density at radius 3 is 2.26 bits per heavy atom. The Morgan fingerprint density at radius 1 is 0.953 bits per heavy atom. The second-order valence-electron chi connectivity index (χ2n) is 10.6. The quantitative estimate of drug-likeness (QED) is 0.244. The summed E-state index contributed by atoms with van der Waals surface area (Å²) in [5.41, 5.74) is 0.871. The van der Waals surface area contributed by atoms with Crippen molar-refractivity contribution in [1.82, 2.24) is 10.2 Å². The predicted octanol–water partition coefficient (Wildman–Crippen LogP) is 6.45. The molecular formula is C32H37Cl2N3O5S. The molecule has 1 saturated carbocycles. The van der Waals surface area contributed by atoms with Gasteiger partial charge in [0.2, 0.25) is 11.8 Å². The summed E-state index contributed by atoms with van der Waals surface area (Å²) in [5, 5.41) is 3.58. The first-order valence-corrected chi connectivity index (χ1v) is 16.6. The van der Waals surface area contributed by atoms with Gasteiger partial charge in [0.1, 0.15) is 18.3 Å². The fourth-order valence-corrected chi connectivity index (χ4v) is 7.30. The van der Waals surface area contributed by atoms with Crippen LogP contribution in [0.15, 0.2) is 77.7 Å². The zero-order valence-electron chi connectivity index (χ0n) is 24.3. The Balaban J connectivity index is 1.73. The van der Waals surface area contributed by atoms with Gasteiger partial charge < -0.3 is 15.0 Å². The second kappa shape index (κ2) is 14.9. The number of nitrogens with zero attached hydrogens (tertiary/aromatic N) is 2. The maximum atomic E-state index is 14.3. The maximum absolute atomic E-state index is 14.3. The summed E-state index contributed by atoms with van der Waals surface area (Å²) in [6.07, 6.45) is 5.35. The number of hydrogen-bond acceptors (Lipinski definition) is 5. The molecule has 0 heterocycles. The van der Waals surface area contributed by atoms with Crippen LogP contribution in [0.25, 0.3) is 0 Å². The molecule has 0 radical (unpaired) electrons. The molecule has 8 nitrogen and oxygen atoms in total. The van der Waals surface area contributed by atoms with Crippen molar-refractivity contribution in [3.63, 3.8) is 0 Å². The Labute approximate surface area is 264 Å². The zero-order chi connectivity index (χ0) is 31.0. The fourth-order valence-electron chi connectivity index (χ4n) is 5.36. The van der Waals surface area contributed by atoms with Crippen LogP contribution in [0.4, 0.5) is 5.69 Å². The van der Waals surface area contributed by atoms with Crippen LogP contribution in [-0.4, -0.2) is 50.9 Å². The molecule has 0 aliphatic heterocycles. The number of ether oxygens (including phenoxy) is 1. The van der Waals surface area contributed by atoms with Crippen molar-refractivity contribution in [2.75, 3.05) is 18.0 Å². The number of methoxy groups -OCH3 is 1. The average Bonchev–Trinajstić information content (AvgIpc) is 3.00. The predicted molar refractivity (Wildman–Crippen MR) is 170 cm³/mol. The van der Waals surface area contributed by atoms with Gasteiger partial charge in [-0.15, -0.1) is 0 Å². The van der Waals surface area contributed by atoms with Crippen molar-refractivity contribution in [3.05, 3.63) is 88.4 Å². The first-order valence-electron chi connectivity index (χ1n) is 14.4. The van der Waals surface area contributed by atoms with Crippen molar-refractivity contribution >= 4 is 50.7 Å². The first kappa shape index (κ1) is 32.6. The lowest BCUT2D eigenvalue weighted by molar-refractivity contribution is -0.140. The van der Waals surface area contributed by atoms with Crippen LogP contribution in [0.2, 0.25) is 10.0 Å². The van der Waals surface area contributed by atoms with Crippen molar-refractivity contribution in [1.29, 1.82) is 0 Å². The molecule has 0 spiro atoms. The third-order valence-electron chi connectivity index (χ3n) is 7.57. The number of anilines is 1. The molecule has 1 aliphatic carbocycles. The molecule has 4 rings (SSSR count). The molecule has 0 bridgehead atoms. The summed E-state index contributed by atoms with van der Waals surface area (Å²) in [6, 6.07) is 18.7. The molecule has 3 aromatic carbocycles. The third-order valence-corrected chi connectivity index (χ3v) is 9.79. The van der Waals surface area contributed by atoms with E-state index in [1.807, 2.05) is 13.0 Å². The fraction of sp³-hybridized carbons (Fsp3) is 0.375. The van der Waals surface area contributed by atoms with Gasteiger partial charge >= 0.3 is 0 Å². The van der Waals surface area contributed by atoms with E-state index in [2.05, 4.69) is 5.32 Å². The lowest BCUT2D eigenvalue weighted by Crippen LogP contribution is -2.54. The molecule has 0 unspecified atom stereocenters. The number of hydrogen-bond donors (Lipinski definition) is 1. The van der Waals surface area contributed by atoms with Crippen LogP contribution in [-0.2, 0) is 26.2 Å². The number of nitrogens with one attached hydrogen (secondary N) is 1. The molecule has 43 heavy (non-hydrogen) atoms. The van der Waals surface area contributed by atoms with Crippen molar-refractivity contribution in [3.8, 4) is 5.75 Å². The van der Waals surface area contributed by atoms with Crippen molar-refractivity contribution in [2.24, 2.45) is 0 Å². The average molecular weight is 647 g/mol. The van der Waals surface area contributed by atoms with Crippen molar-refractivity contribution in [2.45, 2.75) is 69.0 Å². The number of halogens is 2. The SMILES string of the molecule is CC[C@H](C(=O)NC1CCCCC1)N(Cc1cccc(OC)c1)C(=O)CN(c1cc(Cl)cc(Cl)c1)S(=O)(=O)c1ccccc1. The van der Waals surface area contributed by atoms with Gasteiger partial charge in [0.05, 0.1) is 17.7 Å². The van der Waals surface area contributed by atoms with E-state index in [4.69, 9.17) is 27.9 Å². The minimum atomic E-state index is -4.23. The normalized spacial score (nSPS) is 14.5. The van der Waals surface area contributed by atoms with E-state index in [0.717, 1.165) is 42.0 Å². The molecule has 230 valence electrons. The molecule has 1 N–H and O–H groups in total. The minimum Gasteiger partial charge on any atom is -0.497 e. The Kier molecular flexibility index (Phi) is 11.3. The molecule has 0 saturated heterocycles. The van der Waals surface area contributed by atoms with Gasteiger partial charge in [0, 0.05) is 22.6 Å². The van der Waals surface area contributed by atoms with Crippen LogP contribution in [0.1, 0.15) is 51.0 Å². The number of carbonyl (C=O) groups excluding carboxylic acids is 2. The molecule has 11 heteroatoms. The Bertz CT molecular complexity index is 1490. The highest BCUT2D eigenvalue weighted by atomic mass is 35.5. The molecule has 1 atom stereocenters. The monoisotopic (exact) mass is 645 g/mol. The second-order valence-corrected chi connectivity index (χ2v) is 13.3. The van der Waals surface area contributed by atoms with Crippen LogP contribution < -0.4 is 14.4 Å². The van der Waals surface area contributed by atoms with E-state index >= 15 is 0 Å². The lowest BCUT2D eigenvalue weighted by atomic mass is 9.95. The number of sulfonamides is 1. The smallest absolute Gasteiger partial charge is 0.264 e. The van der Waals surface area contributed by atoms with E-state index in [-0.39, 0.29) is 39.1 Å². The Morgan fingerprint density at radius 2 is 1.63 bits per heavy atom. The standard InChI is InChI=1S/C32H37Cl2N3O5S/c1-3-30(32(39)35-26-12-6-4-7-13-26)36(21-23-11-10-14-28(17-23)42-2)31(38)22-37(27-19-24(33)18-25(34)20-27)43(40,41)29-15-8-5-9-16-29/h5,8-11,14-20,26,30H,3-4,6-7,12-13,21-22H2,1-2H3,(H,35,39)/t30-/m1/s1. The number of amides is 2. The highest BCUT2D eigenvalue weighted by Gasteiger charge is 2.34. The van der Waals surface area contributed by atoms with Crippen molar-refractivity contribution < 1.29 is 22.7 Å². The number of rotatable bonds is 12. The third kappa shape index (κ3) is 8.43.